The fourth-order valence-corrected chi connectivity index (χ4v) is 2.87. The summed E-state index contributed by atoms with van der Waals surface area (Å²) in [5.74, 6) is -1.01. The van der Waals surface area contributed by atoms with Crippen LogP contribution >= 0.6 is 23.6 Å². The van der Waals surface area contributed by atoms with E-state index < -0.39 is 0 Å². The van der Waals surface area contributed by atoms with Crippen molar-refractivity contribution in [3.63, 3.8) is 0 Å². The van der Waals surface area contributed by atoms with Gasteiger partial charge in [0.2, 0.25) is 11.0 Å². The number of amides is 1. The fourth-order valence-electron chi connectivity index (χ4n) is 2.16. The number of ether oxygens (including phenoxy) is 1. The largest absolute Gasteiger partial charge is 0.462 e. The van der Waals surface area contributed by atoms with Crippen LogP contribution in [0.3, 0.4) is 0 Å². The molecule has 1 aromatic heterocycles. The van der Waals surface area contributed by atoms with Gasteiger partial charge in [0.15, 0.2) is 5.11 Å². The third kappa shape index (κ3) is 4.43. The average Bonchev–Trinajstić information content (AvgIpc) is 2.99. The van der Waals surface area contributed by atoms with E-state index in [1.165, 1.54) is 11.3 Å². The quantitative estimate of drug-likeness (QED) is 0.636. The van der Waals surface area contributed by atoms with Crippen molar-refractivity contribution in [3.8, 4) is 0 Å². The van der Waals surface area contributed by atoms with Gasteiger partial charge in [0.25, 0.3) is 0 Å². The van der Waals surface area contributed by atoms with Gasteiger partial charge in [-0.3, -0.25) is 9.59 Å². The first kappa shape index (κ1) is 15.8. The van der Waals surface area contributed by atoms with E-state index in [1.54, 1.807) is 12.4 Å². The maximum atomic E-state index is 12.0. The molecule has 0 radical (unpaired) electrons. The molecule has 0 spiro atoms. The molecule has 0 bridgehead atoms. The van der Waals surface area contributed by atoms with E-state index in [1.807, 2.05) is 6.92 Å². The molecule has 0 aliphatic carbocycles. The smallest absolute Gasteiger partial charge is 0.309 e. The van der Waals surface area contributed by atoms with Gasteiger partial charge in [-0.2, -0.15) is 0 Å². The first-order valence-electron chi connectivity index (χ1n) is 6.54. The second-order valence-corrected chi connectivity index (χ2v) is 6.25. The van der Waals surface area contributed by atoms with E-state index >= 15 is 0 Å². The molecule has 2 heterocycles. The second kappa shape index (κ2) is 6.90. The maximum absolute atomic E-state index is 12.0. The minimum atomic E-state index is -0.331. The molecule has 1 amide bonds. The van der Waals surface area contributed by atoms with Crippen LogP contribution < -0.4 is 10.6 Å². The Balaban J connectivity index is 1.79. The molecule has 0 saturated carbocycles. The van der Waals surface area contributed by atoms with Crippen molar-refractivity contribution < 1.29 is 14.3 Å². The molecular formula is C12H16N4O3S2. The molecule has 2 rings (SSSR count). The molecule has 3 atom stereocenters. The third-order valence-electron chi connectivity index (χ3n) is 3.17. The van der Waals surface area contributed by atoms with E-state index in [0.29, 0.717) is 18.0 Å². The third-order valence-corrected chi connectivity index (χ3v) is 3.98. The fraction of sp³-hybridized carbons (Fsp3) is 0.583. The molecule has 9 heteroatoms. The SMILES string of the molecule is C[C@@H]1C[C@H](C[C@H](C)C(=O)NC(=S)Nc2nncs2)C(=O)O1. The highest BCUT2D eigenvalue weighted by molar-refractivity contribution is 7.80. The number of carbonyl (C=O) groups excluding carboxylic acids is 2. The summed E-state index contributed by atoms with van der Waals surface area (Å²) < 4.78 is 5.08. The number of anilines is 1. The zero-order valence-corrected chi connectivity index (χ0v) is 13.3. The predicted octanol–water partition coefficient (Wildman–Crippen LogP) is 1.33. The van der Waals surface area contributed by atoms with Crippen molar-refractivity contribution in [1.82, 2.24) is 15.5 Å². The lowest BCUT2D eigenvalue weighted by Crippen LogP contribution is -2.38. The standard InChI is InChI=1S/C12H16N4O3S2/c1-6(3-8-4-7(2)19-10(8)18)9(17)14-11(20)15-12-16-13-5-21-12/h5-8H,3-4H2,1-2H3,(H2,14,15,16,17,20)/t6-,7+,8-/m0/s1. The van der Waals surface area contributed by atoms with Crippen LogP contribution in [0.15, 0.2) is 5.51 Å². The van der Waals surface area contributed by atoms with Crippen LogP contribution in [-0.2, 0) is 14.3 Å². The molecule has 1 fully saturated rings. The molecule has 1 aromatic rings. The Kier molecular flexibility index (Phi) is 5.18. The van der Waals surface area contributed by atoms with Gasteiger partial charge in [-0.1, -0.05) is 18.3 Å². The monoisotopic (exact) mass is 328 g/mol. The van der Waals surface area contributed by atoms with Gasteiger partial charge in [-0.15, -0.1) is 10.2 Å². The summed E-state index contributed by atoms with van der Waals surface area (Å²) in [6, 6.07) is 0. The topological polar surface area (TPSA) is 93.2 Å². The molecule has 7 nitrogen and oxygen atoms in total. The Hall–Kier alpha value is -1.61. The average molecular weight is 328 g/mol. The Morgan fingerprint density at radius 1 is 1.67 bits per heavy atom. The van der Waals surface area contributed by atoms with Gasteiger partial charge in [0.05, 0.1) is 12.0 Å². The van der Waals surface area contributed by atoms with Crippen LogP contribution in [0.4, 0.5) is 5.13 Å². The first-order valence-corrected chi connectivity index (χ1v) is 7.83. The molecule has 0 aromatic carbocycles. The number of hydrogen-bond acceptors (Lipinski definition) is 7. The van der Waals surface area contributed by atoms with Gasteiger partial charge in [-0.05, 0) is 32.0 Å². The van der Waals surface area contributed by atoms with Crippen LogP contribution in [0.2, 0.25) is 0 Å². The van der Waals surface area contributed by atoms with Crippen LogP contribution in [-0.4, -0.2) is 33.3 Å². The summed E-state index contributed by atoms with van der Waals surface area (Å²) in [4.78, 5) is 23.6. The van der Waals surface area contributed by atoms with Crippen LogP contribution in [0, 0.1) is 11.8 Å². The van der Waals surface area contributed by atoms with Crippen molar-refractivity contribution in [2.45, 2.75) is 32.8 Å². The van der Waals surface area contributed by atoms with Gasteiger partial charge in [0, 0.05) is 5.92 Å². The number of esters is 1. The highest BCUT2D eigenvalue weighted by Gasteiger charge is 2.34. The van der Waals surface area contributed by atoms with Crippen LogP contribution in [0.1, 0.15) is 26.7 Å². The molecule has 21 heavy (non-hydrogen) atoms. The molecular weight excluding hydrogens is 312 g/mol. The number of aromatic nitrogens is 2. The van der Waals surface area contributed by atoms with Crippen molar-refractivity contribution in [2.75, 3.05) is 5.32 Å². The van der Waals surface area contributed by atoms with E-state index in [2.05, 4.69) is 20.8 Å². The number of thiocarbonyl (C=S) groups is 1. The summed E-state index contributed by atoms with van der Waals surface area (Å²) in [5, 5.41) is 13.5. The minimum absolute atomic E-state index is 0.0714. The number of hydrogen-bond donors (Lipinski definition) is 2. The predicted molar refractivity (Wildman–Crippen MR) is 81.7 cm³/mol. The zero-order valence-electron chi connectivity index (χ0n) is 11.7. The van der Waals surface area contributed by atoms with Crippen molar-refractivity contribution in [1.29, 1.82) is 0 Å². The summed E-state index contributed by atoms with van der Waals surface area (Å²) in [6.45, 7) is 3.61. The van der Waals surface area contributed by atoms with Gasteiger partial charge < -0.3 is 15.4 Å². The highest BCUT2D eigenvalue weighted by Crippen LogP contribution is 2.26. The summed E-state index contributed by atoms with van der Waals surface area (Å²) in [6.07, 6.45) is 1.04. The zero-order chi connectivity index (χ0) is 15.4. The normalized spacial score (nSPS) is 22.5. The summed E-state index contributed by atoms with van der Waals surface area (Å²) >= 11 is 6.31. The second-order valence-electron chi connectivity index (χ2n) is 5.00. The molecule has 1 aliphatic heterocycles. The van der Waals surface area contributed by atoms with Crippen LogP contribution in [0.25, 0.3) is 0 Å². The number of rotatable bonds is 4. The van der Waals surface area contributed by atoms with Gasteiger partial charge >= 0.3 is 5.97 Å². The van der Waals surface area contributed by atoms with Crippen molar-refractivity contribution in [2.24, 2.45) is 11.8 Å². The lowest BCUT2D eigenvalue weighted by molar-refractivity contribution is -0.144. The van der Waals surface area contributed by atoms with E-state index in [4.69, 9.17) is 17.0 Å². The molecule has 1 saturated heterocycles. The lowest BCUT2D eigenvalue weighted by Gasteiger charge is -2.14. The van der Waals surface area contributed by atoms with Crippen molar-refractivity contribution in [3.05, 3.63) is 5.51 Å². The number of nitrogens with zero attached hydrogens (tertiary/aromatic N) is 2. The Bertz CT molecular complexity index is 535. The summed E-state index contributed by atoms with van der Waals surface area (Å²) in [7, 11) is 0. The summed E-state index contributed by atoms with van der Waals surface area (Å²) in [5.41, 5.74) is 1.56. The molecule has 114 valence electrons. The Morgan fingerprint density at radius 3 is 3.00 bits per heavy atom. The Morgan fingerprint density at radius 2 is 2.43 bits per heavy atom. The van der Waals surface area contributed by atoms with Crippen LogP contribution in [0.5, 0.6) is 0 Å². The van der Waals surface area contributed by atoms with E-state index in [9.17, 15) is 9.59 Å². The van der Waals surface area contributed by atoms with Gasteiger partial charge in [0.1, 0.15) is 5.51 Å². The number of carbonyl (C=O) groups is 2. The first-order chi connectivity index (χ1) is 9.95. The molecule has 0 unspecified atom stereocenters. The Labute approximate surface area is 131 Å². The van der Waals surface area contributed by atoms with E-state index in [-0.39, 0.29) is 34.9 Å². The number of cyclic esters (lactones) is 1. The van der Waals surface area contributed by atoms with Gasteiger partial charge in [-0.25, -0.2) is 0 Å². The lowest BCUT2D eigenvalue weighted by atomic mass is 9.93. The molecule has 1 aliphatic rings. The maximum Gasteiger partial charge on any atom is 0.309 e. The van der Waals surface area contributed by atoms with E-state index in [0.717, 1.165) is 0 Å². The van der Waals surface area contributed by atoms with Crippen molar-refractivity contribution >= 4 is 45.7 Å². The minimum Gasteiger partial charge on any atom is -0.462 e. The number of nitrogens with one attached hydrogen (secondary N) is 2. The highest BCUT2D eigenvalue weighted by atomic mass is 32.1. The molecule has 2 N–H and O–H groups in total.